The quantitative estimate of drug-likeness (QED) is 0.355. The summed E-state index contributed by atoms with van der Waals surface area (Å²) in [6, 6.07) is 10.1. The lowest BCUT2D eigenvalue weighted by molar-refractivity contribution is -0.194. The number of anilines is 1. The first-order valence-corrected chi connectivity index (χ1v) is 11.2. The Morgan fingerprint density at radius 2 is 1.63 bits per heavy atom. The Bertz CT molecular complexity index is 1200. The lowest BCUT2D eigenvalue weighted by Gasteiger charge is -2.42. The van der Waals surface area contributed by atoms with Gasteiger partial charge in [0.2, 0.25) is 0 Å². The molecule has 1 unspecified atom stereocenters. The fourth-order valence-electron chi connectivity index (χ4n) is 4.30. The van der Waals surface area contributed by atoms with E-state index in [2.05, 4.69) is 0 Å². The van der Waals surface area contributed by atoms with Gasteiger partial charge < -0.3 is 0 Å². The van der Waals surface area contributed by atoms with Crippen molar-refractivity contribution in [2.75, 3.05) is 4.90 Å². The van der Waals surface area contributed by atoms with Crippen molar-refractivity contribution in [2.24, 2.45) is 5.41 Å². The predicted octanol–water partition coefficient (Wildman–Crippen LogP) is 6.12. The molecule has 1 aliphatic heterocycles. The second-order valence-electron chi connectivity index (χ2n) is 9.57. The largest absolute Gasteiger partial charge is 0.471 e. The molecular weight excluding hydrogens is 509 g/mol. The van der Waals surface area contributed by atoms with E-state index < -0.39 is 51.0 Å². The Hall–Kier alpha value is -2.83. The van der Waals surface area contributed by atoms with Crippen LogP contribution in [-0.2, 0) is 16.0 Å². The molecule has 2 amide bonds. The maximum absolute atomic E-state index is 14.1. The fourth-order valence-corrected chi connectivity index (χ4v) is 4.78. The Balaban J connectivity index is 2.26. The van der Waals surface area contributed by atoms with Crippen LogP contribution < -0.4 is 4.90 Å². The lowest BCUT2D eigenvalue weighted by atomic mass is 9.87. The van der Waals surface area contributed by atoms with Crippen LogP contribution in [0.2, 0.25) is 10.0 Å². The summed E-state index contributed by atoms with van der Waals surface area (Å²) < 4.78 is 55.6. The number of carbonyl (C=O) groups excluding carboxylic acids is 2. The van der Waals surface area contributed by atoms with Gasteiger partial charge in [-0.1, -0.05) is 56.1 Å². The van der Waals surface area contributed by atoms with Gasteiger partial charge in [0.25, 0.3) is 5.91 Å². The van der Waals surface area contributed by atoms with Crippen molar-refractivity contribution in [3.05, 3.63) is 63.4 Å². The Morgan fingerprint density at radius 3 is 2.06 bits per heavy atom. The van der Waals surface area contributed by atoms with Crippen LogP contribution in [0.15, 0.2) is 36.4 Å². The molecule has 1 aliphatic rings. The van der Waals surface area contributed by atoms with Crippen LogP contribution in [0.4, 0.5) is 23.2 Å². The van der Waals surface area contributed by atoms with E-state index >= 15 is 0 Å². The van der Waals surface area contributed by atoms with E-state index in [0.29, 0.717) is 16.0 Å². The van der Waals surface area contributed by atoms with Crippen LogP contribution in [0, 0.1) is 22.6 Å². The molecule has 2 aromatic carbocycles. The number of hydrogen-bond donors (Lipinski definition) is 0. The molecule has 0 spiro atoms. The predicted molar refractivity (Wildman–Crippen MR) is 123 cm³/mol. The first-order valence-electron chi connectivity index (χ1n) is 10.4. The number of hydrogen-bond acceptors (Lipinski definition) is 3. The van der Waals surface area contributed by atoms with Gasteiger partial charge in [-0.2, -0.15) is 18.4 Å². The van der Waals surface area contributed by atoms with Crippen molar-refractivity contribution in [1.29, 1.82) is 5.26 Å². The first-order chi connectivity index (χ1) is 16.0. The third-order valence-corrected chi connectivity index (χ3v) is 6.36. The normalized spacial score (nSPS) is 20.8. The van der Waals surface area contributed by atoms with Crippen molar-refractivity contribution >= 4 is 40.7 Å². The zero-order valence-electron chi connectivity index (χ0n) is 19.2. The zero-order valence-corrected chi connectivity index (χ0v) is 20.7. The molecule has 0 radical (unpaired) electrons. The van der Waals surface area contributed by atoms with Crippen LogP contribution in [0.1, 0.15) is 38.8 Å². The average molecular weight is 530 g/mol. The summed E-state index contributed by atoms with van der Waals surface area (Å²) >= 11 is 11.8. The van der Waals surface area contributed by atoms with Gasteiger partial charge in [-0.25, -0.2) is 4.39 Å². The summed E-state index contributed by atoms with van der Waals surface area (Å²) in [5.74, 6) is -3.96. The van der Waals surface area contributed by atoms with Gasteiger partial charge in [-0.05, 0) is 36.8 Å². The van der Waals surface area contributed by atoms with Gasteiger partial charge in [0.1, 0.15) is 11.7 Å². The van der Waals surface area contributed by atoms with E-state index in [1.165, 1.54) is 31.2 Å². The van der Waals surface area contributed by atoms with Crippen molar-refractivity contribution in [3.63, 3.8) is 0 Å². The zero-order chi connectivity index (χ0) is 26.5. The second-order valence-corrected chi connectivity index (χ2v) is 10.4. The molecule has 186 valence electrons. The minimum atomic E-state index is -5.27. The molecule has 1 heterocycles. The summed E-state index contributed by atoms with van der Waals surface area (Å²) in [7, 11) is 0. The Morgan fingerprint density at radius 1 is 1.11 bits per heavy atom. The van der Waals surface area contributed by atoms with E-state index in [9.17, 15) is 27.2 Å². The van der Waals surface area contributed by atoms with Crippen LogP contribution in [0.3, 0.4) is 0 Å². The highest BCUT2D eigenvalue weighted by Crippen LogP contribution is 2.46. The summed E-state index contributed by atoms with van der Waals surface area (Å²) in [5.41, 5.74) is -2.35. The minimum Gasteiger partial charge on any atom is -0.299 e. The Labute approximate surface area is 209 Å². The highest BCUT2D eigenvalue weighted by Gasteiger charge is 2.64. The monoisotopic (exact) mass is 529 g/mol. The van der Waals surface area contributed by atoms with Crippen molar-refractivity contribution in [2.45, 2.75) is 52.0 Å². The molecule has 0 aliphatic carbocycles. The van der Waals surface area contributed by atoms with E-state index in [1.54, 1.807) is 20.8 Å². The number of halogens is 6. The number of rotatable bonds is 3. The molecule has 2 aromatic rings. The number of nitrogens with zero attached hydrogens (tertiary/aromatic N) is 3. The molecule has 0 bridgehead atoms. The molecule has 0 N–H and O–H groups in total. The number of benzene rings is 2. The van der Waals surface area contributed by atoms with Crippen LogP contribution in [0.25, 0.3) is 0 Å². The van der Waals surface area contributed by atoms with Gasteiger partial charge in [0.05, 0.1) is 21.7 Å². The molecule has 3 rings (SSSR count). The molecule has 0 saturated carbocycles. The smallest absolute Gasteiger partial charge is 0.299 e. The topological polar surface area (TPSA) is 64.4 Å². The van der Waals surface area contributed by atoms with Crippen molar-refractivity contribution < 1.29 is 27.2 Å². The van der Waals surface area contributed by atoms with E-state index in [-0.39, 0.29) is 12.1 Å². The third kappa shape index (κ3) is 4.82. The first kappa shape index (κ1) is 26.8. The summed E-state index contributed by atoms with van der Waals surface area (Å²) in [6.45, 7) is 5.99. The molecule has 1 fully saturated rings. The SMILES string of the molecule is CC(C)(C)[C@@H]1N(c2cc(Cl)c(F)c(Cl)c2)C(=O)C(C)(Cc2ccc(C#N)cc2)N1C(=O)C(F)(F)F. The fraction of sp³-hybridized carbons (Fsp3) is 0.375. The number of amides is 2. The molecule has 0 aromatic heterocycles. The van der Waals surface area contributed by atoms with Gasteiger partial charge in [-0.3, -0.25) is 19.4 Å². The van der Waals surface area contributed by atoms with E-state index in [1.807, 2.05) is 6.07 Å². The minimum absolute atomic E-state index is 0.0464. The third-order valence-electron chi connectivity index (χ3n) is 5.81. The summed E-state index contributed by atoms with van der Waals surface area (Å²) in [5, 5.41) is 8.17. The molecule has 5 nitrogen and oxygen atoms in total. The van der Waals surface area contributed by atoms with E-state index in [4.69, 9.17) is 28.5 Å². The average Bonchev–Trinajstić information content (AvgIpc) is 2.98. The van der Waals surface area contributed by atoms with E-state index in [0.717, 1.165) is 17.0 Å². The van der Waals surface area contributed by atoms with Gasteiger partial charge >= 0.3 is 12.1 Å². The highest BCUT2D eigenvalue weighted by molar-refractivity contribution is 6.35. The number of alkyl halides is 3. The lowest BCUT2D eigenvalue weighted by Crippen LogP contribution is -2.59. The maximum Gasteiger partial charge on any atom is 0.471 e. The molecule has 35 heavy (non-hydrogen) atoms. The number of carbonyl (C=O) groups is 2. The van der Waals surface area contributed by atoms with Crippen molar-refractivity contribution in [1.82, 2.24) is 4.90 Å². The Kier molecular flexibility index (Phi) is 6.88. The highest BCUT2D eigenvalue weighted by atomic mass is 35.5. The van der Waals surface area contributed by atoms with Gasteiger partial charge in [0.15, 0.2) is 5.82 Å². The molecule has 2 atom stereocenters. The van der Waals surface area contributed by atoms with Gasteiger partial charge in [-0.15, -0.1) is 0 Å². The molecule has 1 saturated heterocycles. The summed E-state index contributed by atoms with van der Waals surface area (Å²) in [6.07, 6.45) is -6.96. The second kappa shape index (κ2) is 8.99. The van der Waals surface area contributed by atoms with Crippen LogP contribution in [-0.4, -0.2) is 34.6 Å². The number of nitriles is 1. The van der Waals surface area contributed by atoms with Crippen LogP contribution >= 0.6 is 23.2 Å². The standard InChI is InChI=1S/C24H21Cl2F4N3O2/c1-22(2,3)19-32(15-9-16(25)18(27)17(26)10-15)20(34)23(4,33(19)21(35)24(28,29)30)11-13-5-7-14(12-31)8-6-13/h5-10,19H,11H2,1-4H3/t19-,23?/m1/s1. The molecular formula is C24H21Cl2F4N3O2. The molecule has 11 heteroatoms. The summed E-state index contributed by atoms with van der Waals surface area (Å²) in [4.78, 5) is 28.3. The maximum atomic E-state index is 14.1. The van der Waals surface area contributed by atoms with Crippen molar-refractivity contribution in [3.8, 4) is 6.07 Å². The van der Waals surface area contributed by atoms with Crippen LogP contribution in [0.5, 0.6) is 0 Å². The van der Waals surface area contributed by atoms with Gasteiger partial charge in [0, 0.05) is 17.5 Å².